The topological polar surface area (TPSA) is 62.1 Å². The van der Waals surface area contributed by atoms with Crippen LogP contribution in [0.3, 0.4) is 0 Å². The van der Waals surface area contributed by atoms with Gasteiger partial charge in [0.05, 0.1) is 19.8 Å². The summed E-state index contributed by atoms with van der Waals surface area (Å²) in [5.41, 5.74) is 4.31. The predicted octanol–water partition coefficient (Wildman–Crippen LogP) is 2.86. The quantitative estimate of drug-likeness (QED) is 0.647. The first kappa shape index (κ1) is 22.0. The fraction of sp³-hybridized carbons (Fsp3) is 0.583. The van der Waals surface area contributed by atoms with Crippen LogP contribution in [-0.4, -0.2) is 78.1 Å². The third kappa shape index (κ3) is 5.93. The standard InChI is InChI=1S/C24H34N4O3/c1-19-5-6-20(2)21(15-19)16-27(10-9-26-11-13-30-14-12-26)17-23-25-22(18-31-23)24(29)28-7-3-4-8-28/h5-6,15,18H,3-4,7-14,16-17H2,1-2H3. The summed E-state index contributed by atoms with van der Waals surface area (Å²) in [5.74, 6) is 0.594. The summed E-state index contributed by atoms with van der Waals surface area (Å²) in [7, 11) is 0. The van der Waals surface area contributed by atoms with Gasteiger partial charge in [0.1, 0.15) is 6.26 Å². The zero-order valence-corrected chi connectivity index (χ0v) is 18.8. The van der Waals surface area contributed by atoms with Gasteiger partial charge >= 0.3 is 0 Å². The molecular formula is C24H34N4O3. The fourth-order valence-electron chi connectivity index (χ4n) is 4.29. The number of hydrogen-bond donors (Lipinski definition) is 0. The van der Waals surface area contributed by atoms with Crippen LogP contribution in [0.1, 0.15) is 45.9 Å². The molecule has 7 heteroatoms. The number of likely N-dealkylation sites (tertiary alicyclic amines) is 1. The highest BCUT2D eigenvalue weighted by Crippen LogP contribution is 2.17. The zero-order chi connectivity index (χ0) is 21.6. The van der Waals surface area contributed by atoms with E-state index in [0.29, 0.717) is 18.1 Å². The van der Waals surface area contributed by atoms with Gasteiger partial charge < -0.3 is 14.1 Å². The molecule has 2 fully saturated rings. The van der Waals surface area contributed by atoms with Crippen LogP contribution >= 0.6 is 0 Å². The van der Waals surface area contributed by atoms with Crippen molar-refractivity contribution in [3.05, 3.63) is 52.7 Å². The van der Waals surface area contributed by atoms with Crippen molar-refractivity contribution < 1.29 is 13.9 Å². The second-order valence-electron chi connectivity index (χ2n) is 8.72. The molecule has 2 aromatic rings. The van der Waals surface area contributed by atoms with Gasteiger partial charge in [-0.25, -0.2) is 4.98 Å². The Morgan fingerprint density at radius 3 is 2.65 bits per heavy atom. The lowest BCUT2D eigenvalue weighted by Gasteiger charge is -2.30. The molecule has 7 nitrogen and oxygen atoms in total. The van der Waals surface area contributed by atoms with Crippen molar-refractivity contribution in [2.24, 2.45) is 0 Å². The van der Waals surface area contributed by atoms with E-state index in [4.69, 9.17) is 9.15 Å². The molecular weight excluding hydrogens is 392 g/mol. The van der Waals surface area contributed by atoms with E-state index >= 15 is 0 Å². The SMILES string of the molecule is Cc1ccc(C)c(CN(CCN2CCOCC2)Cc2nc(C(=O)N3CCCC3)co2)c1. The normalized spacial score (nSPS) is 17.6. The number of hydrogen-bond acceptors (Lipinski definition) is 6. The fourth-order valence-corrected chi connectivity index (χ4v) is 4.29. The summed E-state index contributed by atoms with van der Waals surface area (Å²) < 4.78 is 11.2. The Bertz CT molecular complexity index is 869. The lowest BCUT2D eigenvalue weighted by molar-refractivity contribution is 0.0320. The second kappa shape index (κ2) is 10.4. The molecule has 2 saturated heterocycles. The third-order valence-electron chi connectivity index (χ3n) is 6.26. The Kier molecular flexibility index (Phi) is 7.37. The van der Waals surface area contributed by atoms with Gasteiger partial charge in [-0.2, -0.15) is 0 Å². The molecule has 0 spiro atoms. The van der Waals surface area contributed by atoms with Crippen molar-refractivity contribution in [1.29, 1.82) is 0 Å². The number of oxazole rings is 1. The molecule has 0 unspecified atom stereocenters. The molecule has 0 saturated carbocycles. The Morgan fingerprint density at radius 2 is 1.87 bits per heavy atom. The molecule has 2 aliphatic heterocycles. The smallest absolute Gasteiger partial charge is 0.275 e. The van der Waals surface area contributed by atoms with Crippen LogP contribution in [-0.2, 0) is 17.8 Å². The van der Waals surface area contributed by atoms with E-state index in [9.17, 15) is 4.79 Å². The number of morpholine rings is 1. The molecule has 4 rings (SSSR count). The minimum absolute atomic E-state index is 0.0121. The van der Waals surface area contributed by atoms with E-state index < -0.39 is 0 Å². The maximum absolute atomic E-state index is 12.6. The van der Waals surface area contributed by atoms with Gasteiger partial charge in [0.2, 0.25) is 5.89 Å². The van der Waals surface area contributed by atoms with Gasteiger partial charge in [-0.3, -0.25) is 14.6 Å². The average Bonchev–Trinajstić information content (AvgIpc) is 3.47. The first-order valence-corrected chi connectivity index (χ1v) is 11.4. The number of amides is 1. The molecule has 0 bridgehead atoms. The molecule has 31 heavy (non-hydrogen) atoms. The predicted molar refractivity (Wildman–Crippen MR) is 119 cm³/mol. The van der Waals surface area contributed by atoms with Crippen LogP contribution in [0.15, 0.2) is 28.9 Å². The van der Waals surface area contributed by atoms with Crippen LogP contribution < -0.4 is 0 Å². The average molecular weight is 427 g/mol. The van der Waals surface area contributed by atoms with Crippen molar-refractivity contribution in [3.63, 3.8) is 0 Å². The Balaban J connectivity index is 1.44. The van der Waals surface area contributed by atoms with Crippen LogP contribution in [0.5, 0.6) is 0 Å². The van der Waals surface area contributed by atoms with E-state index in [1.807, 2.05) is 4.90 Å². The van der Waals surface area contributed by atoms with E-state index in [1.165, 1.54) is 23.0 Å². The van der Waals surface area contributed by atoms with Crippen molar-refractivity contribution in [2.75, 3.05) is 52.5 Å². The number of carbonyl (C=O) groups excluding carboxylic acids is 1. The van der Waals surface area contributed by atoms with Crippen molar-refractivity contribution >= 4 is 5.91 Å². The molecule has 0 N–H and O–H groups in total. The van der Waals surface area contributed by atoms with Gasteiger partial charge in [0, 0.05) is 45.8 Å². The van der Waals surface area contributed by atoms with Gasteiger partial charge in [-0.05, 0) is 37.8 Å². The summed E-state index contributed by atoms with van der Waals surface area (Å²) in [6, 6.07) is 6.60. The Labute approximate surface area is 185 Å². The number of aromatic nitrogens is 1. The maximum Gasteiger partial charge on any atom is 0.275 e. The monoisotopic (exact) mass is 426 g/mol. The van der Waals surface area contributed by atoms with E-state index in [1.54, 1.807) is 0 Å². The van der Waals surface area contributed by atoms with Crippen molar-refractivity contribution in [2.45, 2.75) is 39.8 Å². The van der Waals surface area contributed by atoms with Crippen molar-refractivity contribution in [1.82, 2.24) is 19.7 Å². The number of nitrogens with zero attached hydrogens (tertiary/aromatic N) is 4. The second-order valence-corrected chi connectivity index (χ2v) is 8.72. The van der Waals surface area contributed by atoms with Gasteiger partial charge in [0.25, 0.3) is 5.91 Å². The van der Waals surface area contributed by atoms with Gasteiger partial charge in [-0.1, -0.05) is 23.8 Å². The first-order chi connectivity index (χ1) is 15.1. The van der Waals surface area contributed by atoms with Gasteiger partial charge in [-0.15, -0.1) is 0 Å². The number of ether oxygens (including phenoxy) is 1. The number of carbonyl (C=O) groups is 1. The molecule has 2 aliphatic rings. The highest BCUT2D eigenvalue weighted by Gasteiger charge is 2.23. The molecule has 168 valence electrons. The molecule has 3 heterocycles. The summed E-state index contributed by atoms with van der Waals surface area (Å²) >= 11 is 0. The highest BCUT2D eigenvalue weighted by molar-refractivity contribution is 5.92. The van der Waals surface area contributed by atoms with E-state index in [0.717, 1.165) is 71.9 Å². The van der Waals surface area contributed by atoms with E-state index in [-0.39, 0.29) is 5.91 Å². The van der Waals surface area contributed by atoms with Gasteiger partial charge in [0.15, 0.2) is 5.69 Å². The number of rotatable bonds is 8. The molecule has 0 radical (unpaired) electrons. The molecule has 1 aromatic heterocycles. The van der Waals surface area contributed by atoms with Crippen LogP contribution in [0.25, 0.3) is 0 Å². The molecule has 0 atom stereocenters. The van der Waals surface area contributed by atoms with E-state index in [2.05, 4.69) is 46.8 Å². The van der Waals surface area contributed by atoms with Crippen LogP contribution in [0.4, 0.5) is 0 Å². The van der Waals surface area contributed by atoms with Crippen molar-refractivity contribution in [3.8, 4) is 0 Å². The summed E-state index contributed by atoms with van der Waals surface area (Å²) in [6.07, 6.45) is 3.66. The molecule has 1 aromatic carbocycles. The maximum atomic E-state index is 12.6. The zero-order valence-electron chi connectivity index (χ0n) is 18.8. The summed E-state index contributed by atoms with van der Waals surface area (Å²) in [4.78, 5) is 23.8. The lowest BCUT2D eigenvalue weighted by atomic mass is 10.1. The first-order valence-electron chi connectivity index (χ1n) is 11.4. The Hall–Kier alpha value is -2.22. The number of benzene rings is 1. The highest BCUT2D eigenvalue weighted by atomic mass is 16.5. The minimum atomic E-state index is -0.0121. The molecule has 0 aliphatic carbocycles. The lowest BCUT2D eigenvalue weighted by Crippen LogP contribution is -2.41. The van der Waals surface area contributed by atoms with Crippen LogP contribution in [0.2, 0.25) is 0 Å². The Morgan fingerprint density at radius 1 is 1.10 bits per heavy atom. The summed E-state index contributed by atoms with van der Waals surface area (Å²) in [5, 5.41) is 0. The molecule has 1 amide bonds. The third-order valence-corrected chi connectivity index (χ3v) is 6.26. The minimum Gasteiger partial charge on any atom is -0.447 e. The summed E-state index contributed by atoms with van der Waals surface area (Å²) in [6.45, 7) is 12.8. The largest absolute Gasteiger partial charge is 0.447 e. The number of aryl methyl sites for hydroxylation is 2. The van der Waals surface area contributed by atoms with Crippen LogP contribution in [0, 0.1) is 13.8 Å².